The second-order valence-electron chi connectivity index (χ2n) is 5.67. The molecule has 0 aromatic carbocycles. The van der Waals surface area contributed by atoms with Crippen molar-refractivity contribution in [3.8, 4) is 0 Å². The van der Waals surface area contributed by atoms with Gasteiger partial charge in [-0.25, -0.2) is 0 Å². The highest BCUT2D eigenvalue weighted by molar-refractivity contribution is 5.07. The first-order valence-corrected chi connectivity index (χ1v) is 6.98. The number of aliphatic hydroxyl groups excluding tert-OH is 1. The summed E-state index contributed by atoms with van der Waals surface area (Å²) in [7, 11) is 0. The van der Waals surface area contributed by atoms with E-state index in [0.717, 1.165) is 42.5 Å². The second kappa shape index (κ2) is 5.42. The first-order chi connectivity index (χ1) is 9.60. The summed E-state index contributed by atoms with van der Waals surface area (Å²) in [5.74, 6) is 2.92. The Morgan fingerprint density at radius 2 is 2.15 bits per heavy atom. The van der Waals surface area contributed by atoms with Crippen molar-refractivity contribution in [1.82, 2.24) is 10.1 Å². The number of hydrogen-bond acceptors (Lipinski definition) is 5. The number of aliphatic hydroxyl groups is 1. The summed E-state index contributed by atoms with van der Waals surface area (Å²) in [6.45, 7) is 6.12. The first kappa shape index (κ1) is 13.4. The zero-order chi connectivity index (χ0) is 14.1. The first-order valence-electron chi connectivity index (χ1n) is 6.98. The summed E-state index contributed by atoms with van der Waals surface area (Å²) in [6.07, 6.45) is 0.409. The van der Waals surface area contributed by atoms with Crippen molar-refractivity contribution in [1.29, 1.82) is 0 Å². The Hall–Kier alpha value is -1.59. The highest BCUT2D eigenvalue weighted by Gasteiger charge is 2.32. The van der Waals surface area contributed by atoms with E-state index in [4.69, 9.17) is 8.94 Å². The molecule has 2 aromatic rings. The van der Waals surface area contributed by atoms with Gasteiger partial charge in [0, 0.05) is 31.5 Å². The number of hydrogen-bond donors (Lipinski definition) is 1. The molecule has 0 spiro atoms. The third-order valence-corrected chi connectivity index (χ3v) is 3.80. The largest absolute Gasteiger partial charge is 0.465 e. The number of rotatable bonds is 4. The molecular weight excluding hydrogens is 256 g/mol. The molecule has 1 saturated heterocycles. The van der Waals surface area contributed by atoms with Gasteiger partial charge in [0.15, 0.2) is 0 Å². The van der Waals surface area contributed by atoms with Gasteiger partial charge < -0.3 is 14.0 Å². The Labute approximate surface area is 118 Å². The van der Waals surface area contributed by atoms with Gasteiger partial charge in [-0.15, -0.1) is 0 Å². The van der Waals surface area contributed by atoms with Crippen LogP contribution in [0, 0.1) is 19.8 Å². The average Bonchev–Trinajstić information content (AvgIpc) is 3.05. The average molecular weight is 276 g/mol. The van der Waals surface area contributed by atoms with E-state index in [1.54, 1.807) is 0 Å². The van der Waals surface area contributed by atoms with E-state index in [0.29, 0.717) is 6.54 Å². The highest BCUT2D eigenvalue weighted by Crippen LogP contribution is 2.23. The molecule has 5 heteroatoms. The lowest BCUT2D eigenvalue weighted by atomic mass is 10.0. The molecule has 2 aromatic heterocycles. The lowest BCUT2D eigenvalue weighted by Crippen LogP contribution is -2.21. The molecule has 5 nitrogen and oxygen atoms in total. The number of aryl methyl sites for hydroxylation is 2. The summed E-state index contributed by atoms with van der Waals surface area (Å²) >= 11 is 0. The minimum atomic E-state index is -0.323. The van der Waals surface area contributed by atoms with Gasteiger partial charge in [-0.3, -0.25) is 4.90 Å². The lowest BCUT2D eigenvalue weighted by molar-refractivity contribution is 0.136. The predicted molar refractivity (Wildman–Crippen MR) is 73.2 cm³/mol. The number of likely N-dealkylation sites (tertiary alicyclic amines) is 1. The third-order valence-electron chi connectivity index (χ3n) is 3.80. The van der Waals surface area contributed by atoms with Gasteiger partial charge in [0.1, 0.15) is 17.3 Å². The second-order valence-corrected chi connectivity index (χ2v) is 5.67. The topological polar surface area (TPSA) is 62.6 Å². The van der Waals surface area contributed by atoms with Gasteiger partial charge in [-0.1, -0.05) is 5.16 Å². The van der Waals surface area contributed by atoms with E-state index < -0.39 is 0 Å². The van der Waals surface area contributed by atoms with Crippen LogP contribution in [0.25, 0.3) is 0 Å². The van der Waals surface area contributed by atoms with Crippen LogP contribution in [-0.4, -0.2) is 34.4 Å². The maximum atomic E-state index is 10.2. The number of aromatic nitrogens is 1. The van der Waals surface area contributed by atoms with Gasteiger partial charge in [0.05, 0.1) is 18.3 Å². The Bertz CT molecular complexity index is 575. The molecule has 0 aliphatic carbocycles. The minimum Gasteiger partial charge on any atom is -0.465 e. The van der Waals surface area contributed by atoms with Crippen molar-refractivity contribution >= 4 is 0 Å². The Morgan fingerprint density at radius 1 is 1.30 bits per heavy atom. The predicted octanol–water partition coefficient (Wildman–Crippen LogP) is 1.92. The molecule has 3 rings (SSSR count). The molecule has 2 atom stereocenters. The maximum absolute atomic E-state index is 10.2. The fourth-order valence-corrected chi connectivity index (χ4v) is 2.83. The Morgan fingerprint density at radius 3 is 2.80 bits per heavy atom. The monoisotopic (exact) mass is 276 g/mol. The van der Waals surface area contributed by atoms with Gasteiger partial charge in [0.2, 0.25) is 0 Å². The van der Waals surface area contributed by atoms with Crippen LogP contribution in [0.5, 0.6) is 0 Å². The van der Waals surface area contributed by atoms with E-state index in [1.807, 2.05) is 32.0 Å². The van der Waals surface area contributed by atoms with Crippen molar-refractivity contribution in [2.45, 2.75) is 32.9 Å². The Kier molecular flexibility index (Phi) is 3.63. The normalized spacial score (nSPS) is 23.6. The number of β-amino-alcohol motifs (C(OH)–C–C–N with tert-alkyl or cyclic N) is 1. The zero-order valence-electron chi connectivity index (χ0n) is 11.9. The fraction of sp³-hybridized carbons (Fsp3) is 0.533. The SMILES string of the molecule is Cc1cc(C[C@@H]2CN(Cc3ccc(C)o3)C[C@@H]2O)on1. The van der Waals surface area contributed by atoms with Crippen LogP contribution in [0.3, 0.4) is 0 Å². The van der Waals surface area contributed by atoms with Crippen molar-refractivity contribution in [3.63, 3.8) is 0 Å². The standard InChI is InChI=1S/C15H20N2O3/c1-10-5-14(20-16-10)6-12-7-17(9-15(12)18)8-13-4-3-11(2)19-13/h3-5,12,15,18H,6-9H2,1-2H3/t12-,15+/m1/s1. The van der Waals surface area contributed by atoms with Crippen LogP contribution < -0.4 is 0 Å². The van der Waals surface area contributed by atoms with Crippen molar-refractivity contribution in [3.05, 3.63) is 41.2 Å². The Balaban J connectivity index is 1.59. The van der Waals surface area contributed by atoms with E-state index in [2.05, 4.69) is 10.1 Å². The molecule has 108 valence electrons. The molecule has 20 heavy (non-hydrogen) atoms. The fourth-order valence-electron chi connectivity index (χ4n) is 2.83. The van der Waals surface area contributed by atoms with Gasteiger partial charge in [-0.05, 0) is 26.0 Å². The van der Waals surface area contributed by atoms with Crippen molar-refractivity contribution in [2.24, 2.45) is 5.92 Å². The maximum Gasteiger partial charge on any atom is 0.137 e. The van der Waals surface area contributed by atoms with Gasteiger partial charge in [-0.2, -0.15) is 0 Å². The molecule has 1 N–H and O–H groups in total. The van der Waals surface area contributed by atoms with E-state index >= 15 is 0 Å². The van der Waals surface area contributed by atoms with Crippen LogP contribution >= 0.6 is 0 Å². The molecule has 1 aliphatic heterocycles. The molecule has 0 amide bonds. The summed E-state index contributed by atoms with van der Waals surface area (Å²) in [5, 5.41) is 14.1. The molecule has 1 aliphatic rings. The van der Waals surface area contributed by atoms with E-state index in [9.17, 15) is 5.11 Å². The van der Waals surface area contributed by atoms with Crippen LogP contribution in [0.15, 0.2) is 27.1 Å². The van der Waals surface area contributed by atoms with Gasteiger partial charge in [0.25, 0.3) is 0 Å². The van der Waals surface area contributed by atoms with Gasteiger partial charge >= 0.3 is 0 Å². The zero-order valence-corrected chi connectivity index (χ0v) is 11.9. The quantitative estimate of drug-likeness (QED) is 0.924. The molecular formula is C15H20N2O3. The van der Waals surface area contributed by atoms with Crippen LogP contribution in [0.2, 0.25) is 0 Å². The molecule has 0 bridgehead atoms. The lowest BCUT2D eigenvalue weighted by Gasteiger charge is -2.13. The van der Waals surface area contributed by atoms with E-state index in [1.165, 1.54) is 0 Å². The molecule has 3 heterocycles. The van der Waals surface area contributed by atoms with Crippen LogP contribution in [0.1, 0.15) is 23.0 Å². The molecule has 0 saturated carbocycles. The number of nitrogens with zero attached hydrogens (tertiary/aromatic N) is 2. The van der Waals surface area contributed by atoms with Crippen molar-refractivity contribution < 1.29 is 14.0 Å². The third kappa shape index (κ3) is 2.94. The molecule has 0 unspecified atom stereocenters. The summed E-state index contributed by atoms with van der Waals surface area (Å²) in [4.78, 5) is 2.22. The molecule has 1 fully saturated rings. The van der Waals surface area contributed by atoms with Crippen molar-refractivity contribution in [2.75, 3.05) is 13.1 Å². The van der Waals surface area contributed by atoms with Crippen LogP contribution in [0.4, 0.5) is 0 Å². The smallest absolute Gasteiger partial charge is 0.137 e. The summed E-state index contributed by atoms with van der Waals surface area (Å²) < 4.78 is 10.8. The summed E-state index contributed by atoms with van der Waals surface area (Å²) in [5.41, 5.74) is 0.885. The highest BCUT2D eigenvalue weighted by atomic mass is 16.5. The summed E-state index contributed by atoms with van der Waals surface area (Å²) in [6, 6.07) is 5.90. The van der Waals surface area contributed by atoms with E-state index in [-0.39, 0.29) is 12.0 Å². The number of furan rings is 1. The minimum absolute atomic E-state index is 0.193. The van der Waals surface area contributed by atoms with Crippen LogP contribution in [-0.2, 0) is 13.0 Å². The molecule has 0 radical (unpaired) electrons.